The van der Waals surface area contributed by atoms with E-state index in [1.165, 1.54) is 6.20 Å². The van der Waals surface area contributed by atoms with Crippen LogP contribution in [0.4, 0.5) is 13.2 Å². The van der Waals surface area contributed by atoms with Gasteiger partial charge in [-0.1, -0.05) is 0 Å². The molecule has 1 aromatic heterocycles. The van der Waals surface area contributed by atoms with Crippen molar-refractivity contribution in [1.29, 1.82) is 5.26 Å². The predicted octanol–water partition coefficient (Wildman–Crippen LogP) is 2.11. The Bertz CT molecular complexity index is 456. The van der Waals surface area contributed by atoms with Crippen LogP contribution in [0.3, 0.4) is 0 Å². The van der Waals surface area contributed by atoms with Gasteiger partial charge in [-0.15, -0.1) is 13.2 Å². The van der Waals surface area contributed by atoms with Gasteiger partial charge >= 0.3 is 6.36 Å². The summed E-state index contributed by atoms with van der Waals surface area (Å²) in [4.78, 5) is 3.75. The van der Waals surface area contributed by atoms with E-state index in [4.69, 9.17) is 11.0 Å². The minimum atomic E-state index is -4.83. The van der Waals surface area contributed by atoms with E-state index < -0.39 is 12.1 Å². The van der Waals surface area contributed by atoms with Crippen LogP contribution in [0.1, 0.15) is 11.3 Å². The molecule has 0 spiro atoms. The molecule has 8 heteroatoms. The number of pyridine rings is 1. The molecule has 0 aliphatic heterocycles. The lowest BCUT2D eigenvalue weighted by Gasteiger charge is -2.15. The van der Waals surface area contributed by atoms with Crippen LogP contribution in [0, 0.1) is 14.9 Å². The Labute approximate surface area is 109 Å². The van der Waals surface area contributed by atoms with Crippen LogP contribution >= 0.6 is 22.6 Å². The van der Waals surface area contributed by atoms with Gasteiger partial charge in [-0.3, -0.25) is 4.98 Å². The highest BCUT2D eigenvalue weighted by molar-refractivity contribution is 14.1. The number of rotatable bonds is 3. The number of nitrogens with zero attached hydrogens (tertiary/aromatic N) is 2. The fourth-order valence-corrected chi connectivity index (χ4v) is 1.79. The standard InChI is InChI=1S/C9H7F3IN3O/c10-9(11,12)17-8-5(3-15)6(13)4-16-7(8)1-2-14/h4H,1,3,15H2. The highest BCUT2D eigenvalue weighted by Gasteiger charge is 2.34. The van der Waals surface area contributed by atoms with Gasteiger partial charge in [-0.25, -0.2) is 0 Å². The van der Waals surface area contributed by atoms with Crippen molar-refractivity contribution in [3.05, 3.63) is 21.0 Å². The Balaban J connectivity index is 3.29. The number of halogens is 4. The van der Waals surface area contributed by atoms with Gasteiger partial charge in [-0.05, 0) is 22.6 Å². The maximum Gasteiger partial charge on any atom is 0.573 e. The summed E-state index contributed by atoms with van der Waals surface area (Å²) < 4.78 is 41.1. The summed E-state index contributed by atoms with van der Waals surface area (Å²) in [5.41, 5.74) is 5.51. The zero-order valence-electron chi connectivity index (χ0n) is 8.38. The Hall–Kier alpha value is -1.08. The van der Waals surface area contributed by atoms with Gasteiger partial charge in [0, 0.05) is 21.9 Å². The van der Waals surface area contributed by atoms with E-state index in [9.17, 15) is 13.2 Å². The summed E-state index contributed by atoms with van der Waals surface area (Å²) in [6, 6.07) is 1.73. The molecule has 0 amide bonds. The van der Waals surface area contributed by atoms with E-state index >= 15 is 0 Å². The molecule has 1 rings (SSSR count). The highest BCUT2D eigenvalue weighted by atomic mass is 127. The number of hydrogen-bond donors (Lipinski definition) is 1. The molecule has 0 saturated carbocycles. The third-order valence-corrected chi connectivity index (χ3v) is 2.76. The Morgan fingerprint density at radius 3 is 2.65 bits per heavy atom. The first-order valence-corrected chi connectivity index (χ1v) is 5.46. The molecule has 0 atom stereocenters. The minimum Gasteiger partial charge on any atom is -0.403 e. The van der Waals surface area contributed by atoms with Crippen molar-refractivity contribution in [1.82, 2.24) is 4.98 Å². The quantitative estimate of drug-likeness (QED) is 0.842. The van der Waals surface area contributed by atoms with Crippen LogP contribution in [0.5, 0.6) is 5.75 Å². The number of alkyl halides is 3. The molecule has 4 nitrogen and oxygen atoms in total. The van der Waals surface area contributed by atoms with Crippen LogP contribution in [-0.4, -0.2) is 11.3 Å². The number of aromatic nitrogens is 1. The summed E-state index contributed by atoms with van der Waals surface area (Å²) in [5, 5.41) is 8.52. The van der Waals surface area contributed by atoms with Crippen molar-refractivity contribution in [2.24, 2.45) is 5.73 Å². The number of hydrogen-bond acceptors (Lipinski definition) is 4. The van der Waals surface area contributed by atoms with Gasteiger partial charge in [0.05, 0.1) is 18.2 Å². The van der Waals surface area contributed by atoms with E-state index in [0.29, 0.717) is 3.57 Å². The second-order valence-electron chi connectivity index (χ2n) is 2.95. The number of nitrogens with two attached hydrogens (primary N) is 1. The molecule has 0 radical (unpaired) electrons. The second kappa shape index (κ2) is 5.50. The van der Waals surface area contributed by atoms with Crippen molar-refractivity contribution < 1.29 is 17.9 Å². The van der Waals surface area contributed by atoms with E-state index in [2.05, 4.69) is 9.72 Å². The molecule has 0 aliphatic rings. The fourth-order valence-electron chi connectivity index (χ4n) is 1.18. The Morgan fingerprint density at radius 1 is 1.53 bits per heavy atom. The minimum absolute atomic E-state index is 0.0642. The lowest BCUT2D eigenvalue weighted by Crippen LogP contribution is -2.21. The predicted molar refractivity (Wildman–Crippen MR) is 60.8 cm³/mol. The van der Waals surface area contributed by atoms with Gasteiger partial charge in [0.2, 0.25) is 0 Å². The van der Waals surface area contributed by atoms with Crippen LogP contribution in [0.15, 0.2) is 6.20 Å². The first kappa shape index (κ1) is 14.0. The average molecular weight is 357 g/mol. The number of nitriles is 1. The van der Waals surface area contributed by atoms with Crippen molar-refractivity contribution >= 4 is 22.6 Å². The van der Waals surface area contributed by atoms with Gasteiger partial charge in [0.15, 0.2) is 5.75 Å². The molecule has 0 aromatic carbocycles. The largest absolute Gasteiger partial charge is 0.573 e. The van der Waals surface area contributed by atoms with E-state index in [-0.39, 0.29) is 24.2 Å². The topological polar surface area (TPSA) is 71.9 Å². The lowest BCUT2D eigenvalue weighted by atomic mass is 10.1. The van der Waals surface area contributed by atoms with Gasteiger partial charge in [0.1, 0.15) is 0 Å². The van der Waals surface area contributed by atoms with Gasteiger partial charge in [-0.2, -0.15) is 5.26 Å². The maximum absolute atomic E-state index is 12.2. The summed E-state index contributed by atoms with van der Waals surface area (Å²) in [7, 11) is 0. The number of ether oxygens (including phenoxy) is 1. The normalized spacial score (nSPS) is 11.1. The second-order valence-corrected chi connectivity index (χ2v) is 4.11. The van der Waals surface area contributed by atoms with Crippen molar-refractivity contribution in [2.75, 3.05) is 0 Å². The smallest absolute Gasteiger partial charge is 0.403 e. The van der Waals surface area contributed by atoms with Crippen LogP contribution in [0.2, 0.25) is 0 Å². The van der Waals surface area contributed by atoms with Crippen molar-refractivity contribution in [3.8, 4) is 11.8 Å². The Morgan fingerprint density at radius 2 is 2.18 bits per heavy atom. The summed E-state index contributed by atoms with van der Waals surface area (Å²) in [6.45, 7) is -0.120. The molecule has 0 aliphatic carbocycles. The molecule has 17 heavy (non-hydrogen) atoms. The molecule has 0 saturated heterocycles. The summed E-state index contributed by atoms with van der Waals surface area (Å²) >= 11 is 1.81. The maximum atomic E-state index is 12.2. The molecule has 92 valence electrons. The lowest BCUT2D eigenvalue weighted by molar-refractivity contribution is -0.275. The van der Waals surface area contributed by atoms with E-state index in [1.807, 2.05) is 22.6 Å². The molecule has 0 bridgehead atoms. The molecule has 0 fully saturated rings. The van der Waals surface area contributed by atoms with Crippen LogP contribution < -0.4 is 10.5 Å². The zero-order chi connectivity index (χ0) is 13.1. The monoisotopic (exact) mass is 357 g/mol. The fraction of sp³-hybridized carbons (Fsp3) is 0.333. The summed E-state index contributed by atoms with van der Waals surface area (Å²) in [5.74, 6) is -0.464. The van der Waals surface area contributed by atoms with Crippen LogP contribution in [-0.2, 0) is 13.0 Å². The average Bonchev–Trinajstić information content (AvgIpc) is 2.21. The zero-order valence-corrected chi connectivity index (χ0v) is 10.5. The Kier molecular flexibility index (Phi) is 4.53. The van der Waals surface area contributed by atoms with E-state index in [0.717, 1.165) is 0 Å². The SMILES string of the molecule is N#CCc1ncc(I)c(CN)c1OC(F)(F)F. The third-order valence-electron chi connectivity index (χ3n) is 1.83. The molecule has 1 heterocycles. The highest BCUT2D eigenvalue weighted by Crippen LogP contribution is 2.31. The first-order valence-electron chi connectivity index (χ1n) is 4.38. The molecule has 2 N–H and O–H groups in total. The molecular formula is C9H7F3IN3O. The molecular weight excluding hydrogens is 350 g/mol. The molecule has 0 unspecified atom stereocenters. The van der Waals surface area contributed by atoms with E-state index in [1.54, 1.807) is 6.07 Å². The van der Waals surface area contributed by atoms with Crippen molar-refractivity contribution in [3.63, 3.8) is 0 Å². The first-order chi connectivity index (χ1) is 7.89. The van der Waals surface area contributed by atoms with Gasteiger partial charge < -0.3 is 10.5 Å². The summed E-state index contributed by atoms with van der Waals surface area (Å²) in [6.07, 6.45) is -3.74. The third kappa shape index (κ3) is 3.71. The van der Waals surface area contributed by atoms with Crippen LogP contribution in [0.25, 0.3) is 0 Å². The van der Waals surface area contributed by atoms with Gasteiger partial charge in [0.25, 0.3) is 0 Å². The van der Waals surface area contributed by atoms with Crippen molar-refractivity contribution in [2.45, 2.75) is 19.3 Å². The molecule has 1 aromatic rings.